The Balaban J connectivity index is 1.39. The number of amides is 1. The lowest BCUT2D eigenvalue weighted by atomic mass is 10.0. The topological polar surface area (TPSA) is 94.6 Å². The standard InChI is InChI=1S/C30H28F2N2O5S/c1-3-38-28(36)5-4-11-34-30(37)27-17-25-29(40-27)26(10-12-33-25)39-22-8-7-19(24(32)16-22)14-21(35)15-20-13-18(2)6-9-23(20)31/h6-10,12-13,16-17H,3-5,11,14-15H2,1-2H3,(H,34,37). The number of ketones is 1. The summed E-state index contributed by atoms with van der Waals surface area (Å²) in [6.07, 6.45) is 1.90. The zero-order valence-corrected chi connectivity index (χ0v) is 22.9. The van der Waals surface area contributed by atoms with Crippen molar-refractivity contribution < 1.29 is 32.6 Å². The van der Waals surface area contributed by atoms with E-state index in [1.165, 1.54) is 35.7 Å². The molecule has 4 rings (SSSR count). The second kappa shape index (κ2) is 13.3. The fourth-order valence-corrected chi connectivity index (χ4v) is 5.03. The van der Waals surface area contributed by atoms with Gasteiger partial charge in [0.25, 0.3) is 5.91 Å². The number of hydrogen-bond donors (Lipinski definition) is 1. The lowest BCUT2D eigenvalue weighted by molar-refractivity contribution is -0.143. The van der Waals surface area contributed by atoms with Crippen molar-refractivity contribution in [2.45, 2.75) is 39.5 Å². The number of rotatable bonds is 12. The number of nitrogens with one attached hydrogen (secondary N) is 1. The van der Waals surface area contributed by atoms with Crippen molar-refractivity contribution in [1.82, 2.24) is 10.3 Å². The zero-order valence-electron chi connectivity index (χ0n) is 22.1. The highest BCUT2D eigenvalue weighted by Gasteiger charge is 2.16. The molecule has 2 aromatic heterocycles. The normalized spacial score (nSPS) is 10.9. The molecule has 0 spiro atoms. The van der Waals surface area contributed by atoms with Crippen molar-refractivity contribution in [2.24, 2.45) is 0 Å². The summed E-state index contributed by atoms with van der Waals surface area (Å²) in [6.45, 7) is 4.18. The van der Waals surface area contributed by atoms with Crippen LogP contribution in [0.25, 0.3) is 10.2 Å². The molecule has 0 aliphatic carbocycles. The molecule has 0 saturated carbocycles. The number of esters is 1. The van der Waals surface area contributed by atoms with Gasteiger partial charge in [0.1, 0.15) is 28.9 Å². The number of thiophene rings is 1. The van der Waals surface area contributed by atoms with Crippen LogP contribution in [-0.4, -0.2) is 35.8 Å². The van der Waals surface area contributed by atoms with Gasteiger partial charge >= 0.3 is 5.97 Å². The maximum absolute atomic E-state index is 14.9. The van der Waals surface area contributed by atoms with E-state index in [4.69, 9.17) is 9.47 Å². The fraction of sp³-hybridized carbons (Fsp3) is 0.267. The fourth-order valence-electron chi connectivity index (χ4n) is 4.05. The van der Waals surface area contributed by atoms with Gasteiger partial charge in [-0.15, -0.1) is 11.3 Å². The Hall–Kier alpha value is -4.18. The molecule has 1 N–H and O–H groups in total. The molecule has 40 heavy (non-hydrogen) atoms. The van der Waals surface area contributed by atoms with Crippen molar-refractivity contribution in [1.29, 1.82) is 0 Å². The second-order valence-corrected chi connectivity index (χ2v) is 10.2. The number of carbonyl (C=O) groups is 3. The first-order valence-electron chi connectivity index (χ1n) is 12.8. The molecule has 0 bridgehead atoms. The van der Waals surface area contributed by atoms with E-state index in [0.717, 1.165) is 5.56 Å². The van der Waals surface area contributed by atoms with Gasteiger partial charge in [0.2, 0.25) is 0 Å². The van der Waals surface area contributed by atoms with Gasteiger partial charge in [-0.05, 0) is 49.6 Å². The quantitative estimate of drug-likeness (QED) is 0.164. The summed E-state index contributed by atoms with van der Waals surface area (Å²) < 4.78 is 40.3. The van der Waals surface area contributed by atoms with E-state index in [1.54, 1.807) is 37.3 Å². The van der Waals surface area contributed by atoms with Crippen molar-refractivity contribution in [3.63, 3.8) is 0 Å². The number of ether oxygens (including phenoxy) is 2. The Bertz CT molecular complexity index is 1550. The highest BCUT2D eigenvalue weighted by Crippen LogP contribution is 2.35. The molecule has 0 aliphatic rings. The monoisotopic (exact) mass is 566 g/mol. The smallest absolute Gasteiger partial charge is 0.305 e. The summed E-state index contributed by atoms with van der Waals surface area (Å²) in [7, 11) is 0. The number of fused-ring (bicyclic) bond motifs is 1. The van der Waals surface area contributed by atoms with Gasteiger partial charge in [0.05, 0.1) is 21.7 Å². The van der Waals surface area contributed by atoms with Gasteiger partial charge in [0, 0.05) is 44.1 Å². The Kier molecular flexibility index (Phi) is 9.55. The third-order valence-corrected chi connectivity index (χ3v) is 7.11. The number of hydrogen-bond acceptors (Lipinski definition) is 7. The minimum Gasteiger partial charge on any atom is -0.466 e. The van der Waals surface area contributed by atoms with E-state index in [2.05, 4.69) is 10.3 Å². The predicted octanol–water partition coefficient (Wildman–Crippen LogP) is 6.10. The van der Waals surface area contributed by atoms with Gasteiger partial charge in [-0.2, -0.15) is 0 Å². The van der Waals surface area contributed by atoms with E-state index in [1.807, 2.05) is 6.92 Å². The van der Waals surface area contributed by atoms with E-state index in [-0.39, 0.29) is 53.8 Å². The molecule has 7 nitrogen and oxygen atoms in total. The molecular formula is C30H28F2N2O5S. The number of Topliss-reactive ketones (excluding diaryl/α,β-unsaturated/α-hetero) is 1. The van der Waals surface area contributed by atoms with Crippen LogP contribution in [-0.2, 0) is 27.2 Å². The number of halogens is 2. The Morgan fingerprint density at radius 1 is 0.975 bits per heavy atom. The lowest BCUT2D eigenvalue weighted by Gasteiger charge is -2.09. The SMILES string of the molecule is CCOC(=O)CCCNC(=O)c1cc2nccc(Oc3ccc(CC(=O)Cc4cc(C)ccc4F)c(F)c3)c2s1. The maximum Gasteiger partial charge on any atom is 0.305 e. The highest BCUT2D eigenvalue weighted by molar-refractivity contribution is 7.21. The highest BCUT2D eigenvalue weighted by atomic mass is 32.1. The molecule has 10 heteroatoms. The van der Waals surface area contributed by atoms with Crippen molar-refractivity contribution in [3.05, 3.63) is 87.9 Å². The maximum atomic E-state index is 14.9. The van der Waals surface area contributed by atoms with Crippen LogP contribution in [0.1, 0.15) is 46.1 Å². The van der Waals surface area contributed by atoms with Gasteiger partial charge in [-0.3, -0.25) is 19.4 Å². The first-order valence-corrected chi connectivity index (χ1v) is 13.6. The Morgan fingerprint density at radius 3 is 2.55 bits per heavy atom. The molecule has 0 saturated heterocycles. The molecule has 2 aromatic carbocycles. The molecule has 1 amide bonds. The third kappa shape index (κ3) is 7.47. The molecule has 0 unspecified atom stereocenters. The van der Waals surface area contributed by atoms with Crippen LogP contribution in [0.3, 0.4) is 0 Å². The summed E-state index contributed by atoms with van der Waals surface area (Å²) in [5, 5.41) is 2.77. The van der Waals surface area contributed by atoms with Crippen LogP contribution in [0.15, 0.2) is 54.7 Å². The molecular weight excluding hydrogens is 538 g/mol. The van der Waals surface area contributed by atoms with Gasteiger partial charge in [-0.1, -0.05) is 23.8 Å². The van der Waals surface area contributed by atoms with Crippen molar-refractivity contribution >= 4 is 39.2 Å². The number of pyridine rings is 1. The zero-order chi connectivity index (χ0) is 28.6. The van der Waals surface area contributed by atoms with Crippen LogP contribution >= 0.6 is 11.3 Å². The summed E-state index contributed by atoms with van der Waals surface area (Å²) in [5.74, 6) is -1.39. The van der Waals surface area contributed by atoms with Crippen LogP contribution in [0.2, 0.25) is 0 Å². The van der Waals surface area contributed by atoms with Crippen LogP contribution < -0.4 is 10.1 Å². The number of nitrogens with zero attached hydrogens (tertiary/aromatic N) is 1. The first kappa shape index (κ1) is 28.8. The van der Waals surface area contributed by atoms with E-state index >= 15 is 0 Å². The molecule has 0 atom stereocenters. The molecule has 208 valence electrons. The van der Waals surface area contributed by atoms with Crippen LogP contribution in [0, 0.1) is 18.6 Å². The predicted molar refractivity (Wildman–Crippen MR) is 148 cm³/mol. The average molecular weight is 567 g/mol. The van der Waals surface area contributed by atoms with Gasteiger partial charge in [-0.25, -0.2) is 8.78 Å². The Labute approximate surface area is 234 Å². The second-order valence-electron chi connectivity index (χ2n) is 9.14. The molecule has 0 radical (unpaired) electrons. The summed E-state index contributed by atoms with van der Waals surface area (Å²) in [4.78, 5) is 41.2. The Morgan fingerprint density at radius 2 is 1.77 bits per heavy atom. The number of aromatic nitrogens is 1. The van der Waals surface area contributed by atoms with Crippen LogP contribution in [0.5, 0.6) is 11.5 Å². The van der Waals surface area contributed by atoms with E-state index in [9.17, 15) is 23.2 Å². The van der Waals surface area contributed by atoms with E-state index in [0.29, 0.717) is 40.4 Å². The molecule has 0 aliphatic heterocycles. The molecule has 4 aromatic rings. The minimum atomic E-state index is -0.616. The summed E-state index contributed by atoms with van der Waals surface area (Å²) in [6, 6.07) is 12.0. The summed E-state index contributed by atoms with van der Waals surface area (Å²) >= 11 is 1.18. The number of benzene rings is 2. The van der Waals surface area contributed by atoms with Crippen molar-refractivity contribution in [3.8, 4) is 11.5 Å². The molecule has 2 heterocycles. The van der Waals surface area contributed by atoms with E-state index < -0.39 is 11.6 Å². The van der Waals surface area contributed by atoms with Gasteiger partial charge in [0.15, 0.2) is 0 Å². The van der Waals surface area contributed by atoms with Gasteiger partial charge < -0.3 is 14.8 Å². The summed E-state index contributed by atoms with van der Waals surface area (Å²) in [5.41, 5.74) is 1.85. The average Bonchev–Trinajstić information content (AvgIpc) is 3.36. The molecule has 0 fully saturated rings. The first-order chi connectivity index (χ1) is 19.2. The van der Waals surface area contributed by atoms with Crippen molar-refractivity contribution in [2.75, 3.05) is 13.2 Å². The lowest BCUT2D eigenvalue weighted by Crippen LogP contribution is -2.24. The minimum absolute atomic E-state index is 0.125. The third-order valence-electron chi connectivity index (χ3n) is 5.98. The number of aryl methyl sites for hydroxylation is 1. The van der Waals surface area contributed by atoms with Crippen LogP contribution in [0.4, 0.5) is 8.78 Å². The largest absolute Gasteiger partial charge is 0.466 e. The number of carbonyl (C=O) groups excluding carboxylic acids is 3.